The Morgan fingerprint density at radius 3 is 2.45 bits per heavy atom. The lowest BCUT2D eigenvalue weighted by Crippen LogP contribution is -2.31. The van der Waals surface area contributed by atoms with Crippen LogP contribution in [0.25, 0.3) is 0 Å². The van der Waals surface area contributed by atoms with Crippen LogP contribution in [-0.4, -0.2) is 29.2 Å². The van der Waals surface area contributed by atoms with Gasteiger partial charge < -0.3 is 4.90 Å². The van der Waals surface area contributed by atoms with Crippen LogP contribution < -0.4 is 0 Å². The first kappa shape index (κ1) is 11.1. The first-order valence-corrected chi connectivity index (χ1v) is 4.50. The molecule has 0 N–H and O–H groups in total. The van der Waals surface area contributed by atoms with Gasteiger partial charge in [0.15, 0.2) is 4.84 Å². The minimum Gasteiger partial charge on any atom is -0.343 e. The number of alkyl halides is 2. The maximum Gasteiger partial charge on any atom is 0.255 e. The van der Waals surface area contributed by atoms with E-state index in [4.69, 9.17) is 23.2 Å². The molecule has 0 radical (unpaired) electrons. The zero-order valence-electron chi connectivity index (χ0n) is 6.81. The quantitative estimate of drug-likeness (QED) is 0.633. The molecule has 0 saturated carbocycles. The molecule has 1 amide bonds. The Hall–Kier alpha value is 0.0500. The highest BCUT2D eigenvalue weighted by molar-refractivity contribution is 6.53. The fourth-order valence-electron chi connectivity index (χ4n) is 0.672. The summed E-state index contributed by atoms with van der Waals surface area (Å²) in [5, 5.41) is 0. The minimum absolute atomic E-state index is 0.221. The molecule has 0 atom stereocenters. The SMILES string of the molecule is CCCCN(C)C(=O)C(Cl)Cl. The zero-order chi connectivity index (χ0) is 8.85. The lowest BCUT2D eigenvalue weighted by Gasteiger charge is -2.16. The molecule has 66 valence electrons. The molecule has 0 aromatic carbocycles. The van der Waals surface area contributed by atoms with Crippen LogP contribution >= 0.6 is 23.2 Å². The van der Waals surface area contributed by atoms with Crippen molar-refractivity contribution in [1.82, 2.24) is 4.90 Å². The minimum atomic E-state index is -0.920. The predicted molar refractivity (Wildman–Crippen MR) is 48.0 cm³/mol. The molecule has 0 unspecified atom stereocenters. The van der Waals surface area contributed by atoms with E-state index in [1.54, 1.807) is 11.9 Å². The summed E-state index contributed by atoms with van der Waals surface area (Å²) in [7, 11) is 1.70. The third-order valence-corrected chi connectivity index (χ3v) is 1.78. The molecule has 2 nitrogen and oxygen atoms in total. The molecule has 0 aromatic rings. The summed E-state index contributed by atoms with van der Waals surface area (Å²) in [6.45, 7) is 2.79. The molecule has 4 heteroatoms. The predicted octanol–water partition coefficient (Wildman–Crippen LogP) is 2.05. The summed E-state index contributed by atoms with van der Waals surface area (Å²) in [5.41, 5.74) is 0. The Morgan fingerprint density at radius 2 is 2.09 bits per heavy atom. The first-order chi connectivity index (χ1) is 5.09. The van der Waals surface area contributed by atoms with Crippen molar-refractivity contribution in [3.63, 3.8) is 0 Å². The topological polar surface area (TPSA) is 20.3 Å². The Bertz CT molecular complexity index is 128. The van der Waals surface area contributed by atoms with Gasteiger partial charge in [-0.3, -0.25) is 4.79 Å². The van der Waals surface area contributed by atoms with Crippen molar-refractivity contribution in [1.29, 1.82) is 0 Å². The third-order valence-electron chi connectivity index (χ3n) is 1.41. The fourth-order valence-corrected chi connectivity index (χ4v) is 1.01. The van der Waals surface area contributed by atoms with Crippen molar-refractivity contribution >= 4 is 29.1 Å². The van der Waals surface area contributed by atoms with Gasteiger partial charge in [0.05, 0.1) is 0 Å². The van der Waals surface area contributed by atoms with Crippen LogP contribution in [0.5, 0.6) is 0 Å². The molecule has 0 aromatic heterocycles. The highest BCUT2D eigenvalue weighted by atomic mass is 35.5. The molecular weight excluding hydrogens is 185 g/mol. The van der Waals surface area contributed by atoms with Crippen molar-refractivity contribution in [3.05, 3.63) is 0 Å². The van der Waals surface area contributed by atoms with E-state index < -0.39 is 4.84 Å². The number of hydrogen-bond donors (Lipinski definition) is 0. The number of hydrogen-bond acceptors (Lipinski definition) is 1. The van der Waals surface area contributed by atoms with Crippen LogP contribution in [0.3, 0.4) is 0 Å². The fraction of sp³-hybridized carbons (Fsp3) is 0.857. The molecule has 0 aliphatic carbocycles. The molecule has 0 rings (SSSR count). The van der Waals surface area contributed by atoms with Gasteiger partial charge >= 0.3 is 0 Å². The van der Waals surface area contributed by atoms with Crippen LogP contribution in [0.15, 0.2) is 0 Å². The highest BCUT2D eigenvalue weighted by Crippen LogP contribution is 2.06. The number of unbranched alkanes of at least 4 members (excludes halogenated alkanes) is 1. The molecule has 0 heterocycles. The van der Waals surface area contributed by atoms with Crippen molar-refractivity contribution in [2.75, 3.05) is 13.6 Å². The lowest BCUT2D eigenvalue weighted by molar-refractivity contribution is -0.128. The average molecular weight is 198 g/mol. The summed E-state index contributed by atoms with van der Waals surface area (Å²) in [6.07, 6.45) is 2.05. The molecule has 0 aliphatic rings. The number of halogens is 2. The summed E-state index contributed by atoms with van der Waals surface area (Å²) in [6, 6.07) is 0. The number of carbonyl (C=O) groups is 1. The standard InChI is InChI=1S/C7H13Cl2NO/c1-3-4-5-10(2)7(11)6(8)9/h6H,3-5H2,1-2H3. The summed E-state index contributed by atoms with van der Waals surface area (Å²) >= 11 is 10.8. The van der Waals surface area contributed by atoms with Crippen molar-refractivity contribution in [3.8, 4) is 0 Å². The Balaban J connectivity index is 3.64. The van der Waals surface area contributed by atoms with E-state index in [9.17, 15) is 4.79 Å². The number of rotatable bonds is 4. The maximum atomic E-state index is 11.0. The van der Waals surface area contributed by atoms with Crippen LogP contribution in [-0.2, 0) is 4.79 Å². The van der Waals surface area contributed by atoms with Gasteiger partial charge in [-0.2, -0.15) is 0 Å². The zero-order valence-corrected chi connectivity index (χ0v) is 8.32. The van der Waals surface area contributed by atoms with Gasteiger partial charge in [-0.15, -0.1) is 0 Å². The van der Waals surface area contributed by atoms with Gasteiger partial charge in [0, 0.05) is 13.6 Å². The van der Waals surface area contributed by atoms with Crippen LogP contribution in [0.1, 0.15) is 19.8 Å². The molecule has 0 bridgehead atoms. The summed E-state index contributed by atoms with van der Waals surface area (Å²) in [4.78, 5) is 11.6. The van der Waals surface area contributed by atoms with Crippen LogP contribution in [0.2, 0.25) is 0 Å². The molecule has 0 saturated heterocycles. The average Bonchev–Trinajstić information content (AvgIpc) is 1.98. The maximum absolute atomic E-state index is 11.0. The summed E-state index contributed by atoms with van der Waals surface area (Å²) < 4.78 is 0. The monoisotopic (exact) mass is 197 g/mol. The molecule has 0 spiro atoms. The van der Waals surface area contributed by atoms with Crippen LogP contribution in [0, 0.1) is 0 Å². The van der Waals surface area contributed by atoms with E-state index in [0.717, 1.165) is 19.4 Å². The second kappa shape index (κ2) is 5.67. The number of nitrogens with zero attached hydrogens (tertiary/aromatic N) is 1. The Labute approximate surface area is 77.5 Å². The highest BCUT2D eigenvalue weighted by Gasteiger charge is 2.15. The van der Waals surface area contributed by atoms with Gasteiger partial charge in [-0.05, 0) is 6.42 Å². The van der Waals surface area contributed by atoms with Gasteiger partial charge in [0.2, 0.25) is 0 Å². The van der Waals surface area contributed by atoms with Crippen LogP contribution in [0.4, 0.5) is 0 Å². The van der Waals surface area contributed by atoms with E-state index in [2.05, 4.69) is 6.92 Å². The number of carbonyl (C=O) groups excluding carboxylic acids is 1. The third kappa shape index (κ3) is 4.49. The van der Waals surface area contributed by atoms with Crippen molar-refractivity contribution in [2.45, 2.75) is 24.6 Å². The van der Waals surface area contributed by atoms with Gasteiger partial charge in [-0.1, -0.05) is 36.5 Å². The molecule has 0 aliphatic heterocycles. The Morgan fingerprint density at radius 1 is 1.55 bits per heavy atom. The van der Waals surface area contributed by atoms with Gasteiger partial charge in [0.1, 0.15) is 0 Å². The molecule has 0 fully saturated rings. The second-order valence-electron chi connectivity index (χ2n) is 2.41. The largest absolute Gasteiger partial charge is 0.343 e. The summed E-state index contributed by atoms with van der Waals surface area (Å²) in [5.74, 6) is -0.221. The molecule has 11 heavy (non-hydrogen) atoms. The van der Waals surface area contributed by atoms with Crippen molar-refractivity contribution < 1.29 is 4.79 Å². The first-order valence-electron chi connectivity index (χ1n) is 3.62. The van der Waals surface area contributed by atoms with Crippen molar-refractivity contribution in [2.24, 2.45) is 0 Å². The second-order valence-corrected chi connectivity index (χ2v) is 3.51. The Kier molecular flexibility index (Phi) is 5.69. The van der Waals surface area contributed by atoms with E-state index in [0.29, 0.717) is 0 Å². The van der Waals surface area contributed by atoms with E-state index >= 15 is 0 Å². The van der Waals surface area contributed by atoms with E-state index in [-0.39, 0.29) is 5.91 Å². The van der Waals surface area contributed by atoms with E-state index in [1.807, 2.05) is 0 Å². The smallest absolute Gasteiger partial charge is 0.255 e. The van der Waals surface area contributed by atoms with Gasteiger partial charge in [0.25, 0.3) is 5.91 Å². The molecular formula is C7H13Cl2NO. The van der Waals surface area contributed by atoms with Gasteiger partial charge in [-0.25, -0.2) is 0 Å². The normalized spacial score (nSPS) is 10.3. The number of amides is 1. The lowest BCUT2D eigenvalue weighted by atomic mass is 10.3. The van der Waals surface area contributed by atoms with E-state index in [1.165, 1.54) is 0 Å².